The highest BCUT2D eigenvalue weighted by Crippen LogP contribution is 2.18. The summed E-state index contributed by atoms with van der Waals surface area (Å²) in [6, 6.07) is 6.23. The fraction of sp³-hybridized carbons (Fsp3) is 0.278. The summed E-state index contributed by atoms with van der Waals surface area (Å²) in [5.41, 5.74) is 0.320. The van der Waals surface area contributed by atoms with Gasteiger partial charge in [0.1, 0.15) is 0 Å². The van der Waals surface area contributed by atoms with E-state index in [9.17, 15) is 19.2 Å². The average molecular weight is 420 g/mol. The van der Waals surface area contributed by atoms with Crippen LogP contribution in [-0.4, -0.2) is 52.4 Å². The van der Waals surface area contributed by atoms with E-state index in [-0.39, 0.29) is 29.5 Å². The Morgan fingerprint density at radius 3 is 2.59 bits per heavy atom. The number of para-hydroxylation sites is 1. The number of benzene rings is 1. The molecule has 2 aromatic rings. The van der Waals surface area contributed by atoms with Gasteiger partial charge in [-0.3, -0.25) is 14.9 Å². The Labute approximate surface area is 171 Å². The average Bonchev–Trinajstić information content (AvgIpc) is 3.10. The van der Waals surface area contributed by atoms with Crippen molar-refractivity contribution < 1.29 is 28.7 Å². The number of hydrogen-bond donors (Lipinski definition) is 2. The first-order chi connectivity index (χ1) is 13.9. The predicted octanol–water partition coefficient (Wildman–Crippen LogP) is 1.58. The molecule has 0 aliphatic heterocycles. The quantitative estimate of drug-likeness (QED) is 0.487. The number of alkyl carbamates (subject to hydrolysis) is 1. The first-order valence-electron chi connectivity index (χ1n) is 8.53. The lowest BCUT2D eigenvalue weighted by molar-refractivity contribution is -0.123. The van der Waals surface area contributed by atoms with Gasteiger partial charge in [-0.25, -0.2) is 14.6 Å². The summed E-state index contributed by atoms with van der Waals surface area (Å²) in [7, 11) is 1.82. The molecule has 2 N–H and O–H groups in total. The van der Waals surface area contributed by atoms with Crippen molar-refractivity contribution in [1.82, 2.24) is 14.9 Å². The van der Waals surface area contributed by atoms with Crippen LogP contribution < -0.4 is 10.6 Å². The second-order valence-corrected chi connectivity index (χ2v) is 6.49. The minimum Gasteiger partial charge on any atom is -0.452 e. The van der Waals surface area contributed by atoms with Crippen molar-refractivity contribution >= 4 is 41.3 Å². The zero-order valence-corrected chi connectivity index (χ0v) is 16.7. The number of imidazole rings is 1. The zero-order valence-electron chi connectivity index (χ0n) is 15.8. The van der Waals surface area contributed by atoms with Gasteiger partial charge in [0.25, 0.3) is 5.91 Å². The number of aromatic nitrogens is 2. The molecule has 0 saturated heterocycles. The number of anilines is 1. The molecule has 11 heteroatoms. The molecular weight excluding hydrogens is 400 g/mol. The lowest BCUT2D eigenvalue weighted by Crippen LogP contribution is -2.34. The second-order valence-electron chi connectivity index (χ2n) is 5.55. The van der Waals surface area contributed by atoms with Crippen LogP contribution in [0.3, 0.4) is 0 Å². The smallest absolute Gasteiger partial charge is 0.413 e. The summed E-state index contributed by atoms with van der Waals surface area (Å²) >= 11 is 1.25. The summed E-state index contributed by atoms with van der Waals surface area (Å²) in [5, 5.41) is 5.23. The highest BCUT2D eigenvalue weighted by Gasteiger charge is 2.17. The number of nitrogens with one attached hydrogen (secondary N) is 2. The van der Waals surface area contributed by atoms with E-state index in [0.717, 1.165) is 0 Å². The summed E-state index contributed by atoms with van der Waals surface area (Å²) in [6.07, 6.45) is 2.47. The van der Waals surface area contributed by atoms with E-state index in [1.165, 1.54) is 17.8 Å². The van der Waals surface area contributed by atoms with Crippen molar-refractivity contribution in [3.05, 3.63) is 42.2 Å². The number of ether oxygens (including phenoxy) is 2. The van der Waals surface area contributed by atoms with Crippen LogP contribution in [0.1, 0.15) is 17.3 Å². The maximum atomic E-state index is 12.3. The van der Waals surface area contributed by atoms with E-state index in [4.69, 9.17) is 4.74 Å². The first kappa shape index (κ1) is 22.0. The van der Waals surface area contributed by atoms with Crippen LogP contribution in [0.5, 0.6) is 0 Å². The summed E-state index contributed by atoms with van der Waals surface area (Å²) < 4.78 is 11.2. The van der Waals surface area contributed by atoms with Crippen LogP contribution in [0.25, 0.3) is 0 Å². The molecule has 154 valence electrons. The molecule has 2 rings (SSSR count). The number of thioether (sulfide) groups is 1. The third-order valence-corrected chi connectivity index (χ3v) is 4.44. The number of esters is 1. The molecule has 0 saturated carbocycles. The molecule has 0 spiro atoms. The highest BCUT2D eigenvalue weighted by molar-refractivity contribution is 7.99. The number of carbonyl (C=O) groups excluding carboxylic acids is 4. The Hall–Kier alpha value is -3.34. The number of nitrogens with zero attached hydrogens (tertiary/aromatic N) is 2. The minimum absolute atomic E-state index is 0.0757. The molecule has 0 radical (unpaired) electrons. The molecule has 3 amide bonds. The SMILES string of the molecule is CCOC(=O)NC(=O)COC(=O)c1ccccc1NC(=O)CSc1nccn1C. The Morgan fingerprint density at radius 1 is 1.14 bits per heavy atom. The Bertz CT molecular complexity index is 898. The van der Waals surface area contributed by atoms with Crippen molar-refractivity contribution in [2.45, 2.75) is 12.1 Å². The molecule has 1 aromatic carbocycles. The number of imide groups is 1. The lowest BCUT2D eigenvalue weighted by Gasteiger charge is -2.11. The van der Waals surface area contributed by atoms with E-state index in [2.05, 4.69) is 15.0 Å². The fourth-order valence-corrected chi connectivity index (χ4v) is 2.84. The molecule has 29 heavy (non-hydrogen) atoms. The molecule has 0 atom stereocenters. The molecular formula is C18H20N4O6S. The van der Waals surface area contributed by atoms with Crippen molar-refractivity contribution in [3.8, 4) is 0 Å². The fourth-order valence-electron chi connectivity index (χ4n) is 2.10. The zero-order chi connectivity index (χ0) is 21.2. The summed E-state index contributed by atoms with van der Waals surface area (Å²) in [5.74, 6) is -1.89. The van der Waals surface area contributed by atoms with Gasteiger partial charge in [-0.15, -0.1) is 0 Å². The number of amides is 3. The summed E-state index contributed by atoms with van der Waals surface area (Å²) in [4.78, 5) is 51.3. The number of carbonyl (C=O) groups is 4. The largest absolute Gasteiger partial charge is 0.452 e. The van der Waals surface area contributed by atoms with Gasteiger partial charge in [0, 0.05) is 19.4 Å². The predicted molar refractivity (Wildman–Crippen MR) is 104 cm³/mol. The maximum Gasteiger partial charge on any atom is 0.413 e. The van der Waals surface area contributed by atoms with Crippen LogP contribution in [0.4, 0.5) is 10.5 Å². The second kappa shape index (κ2) is 10.9. The third-order valence-electron chi connectivity index (χ3n) is 3.38. The molecule has 10 nitrogen and oxygen atoms in total. The van der Waals surface area contributed by atoms with E-state index < -0.39 is 24.6 Å². The van der Waals surface area contributed by atoms with Crippen molar-refractivity contribution in [1.29, 1.82) is 0 Å². The van der Waals surface area contributed by atoms with Crippen LogP contribution >= 0.6 is 11.8 Å². The van der Waals surface area contributed by atoms with Crippen molar-refractivity contribution in [2.75, 3.05) is 24.3 Å². The molecule has 0 unspecified atom stereocenters. The number of aryl methyl sites for hydroxylation is 1. The van der Waals surface area contributed by atoms with E-state index >= 15 is 0 Å². The van der Waals surface area contributed by atoms with E-state index in [0.29, 0.717) is 5.16 Å². The van der Waals surface area contributed by atoms with Crippen molar-refractivity contribution in [2.24, 2.45) is 7.05 Å². The van der Waals surface area contributed by atoms with E-state index in [1.54, 1.807) is 42.1 Å². The van der Waals surface area contributed by atoms with Gasteiger partial charge in [0.2, 0.25) is 5.91 Å². The molecule has 0 aliphatic rings. The van der Waals surface area contributed by atoms with E-state index in [1.807, 2.05) is 12.4 Å². The Kier molecular flexibility index (Phi) is 8.22. The Balaban J connectivity index is 1.90. The minimum atomic E-state index is -0.925. The molecule has 0 bridgehead atoms. The monoisotopic (exact) mass is 420 g/mol. The lowest BCUT2D eigenvalue weighted by atomic mass is 10.2. The Morgan fingerprint density at radius 2 is 1.90 bits per heavy atom. The normalized spacial score (nSPS) is 10.1. The van der Waals surface area contributed by atoms with Gasteiger partial charge in [-0.05, 0) is 19.1 Å². The van der Waals surface area contributed by atoms with Crippen LogP contribution in [0, 0.1) is 0 Å². The van der Waals surface area contributed by atoms with Gasteiger partial charge in [0.15, 0.2) is 11.8 Å². The molecule has 1 heterocycles. The van der Waals surface area contributed by atoms with Crippen LogP contribution in [0.2, 0.25) is 0 Å². The standard InChI is InChI=1S/C18H20N4O6S/c1-3-27-18(26)21-14(23)10-28-16(25)12-6-4-5-7-13(12)20-15(24)11-29-17-19-8-9-22(17)2/h4-9H,3,10-11H2,1-2H3,(H,20,24)(H,21,23,26). The topological polar surface area (TPSA) is 129 Å². The maximum absolute atomic E-state index is 12.3. The number of rotatable bonds is 8. The number of hydrogen-bond acceptors (Lipinski definition) is 8. The molecule has 1 aromatic heterocycles. The first-order valence-corrected chi connectivity index (χ1v) is 9.52. The van der Waals surface area contributed by atoms with Gasteiger partial charge in [-0.2, -0.15) is 0 Å². The third kappa shape index (κ3) is 6.96. The highest BCUT2D eigenvalue weighted by atomic mass is 32.2. The van der Waals surface area contributed by atoms with Crippen LogP contribution in [0.15, 0.2) is 41.8 Å². The molecule has 0 fully saturated rings. The van der Waals surface area contributed by atoms with Gasteiger partial charge in [0.05, 0.1) is 23.6 Å². The van der Waals surface area contributed by atoms with Crippen molar-refractivity contribution in [3.63, 3.8) is 0 Å². The summed E-state index contributed by atoms with van der Waals surface area (Å²) in [6.45, 7) is 1.02. The molecule has 0 aliphatic carbocycles. The van der Waals surface area contributed by atoms with Gasteiger partial charge < -0.3 is 19.4 Å². The van der Waals surface area contributed by atoms with Crippen LogP contribution in [-0.2, 0) is 26.1 Å². The van der Waals surface area contributed by atoms with Gasteiger partial charge in [-0.1, -0.05) is 23.9 Å². The van der Waals surface area contributed by atoms with Gasteiger partial charge >= 0.3 is 12.1 Å².